The first kappa shape index (κ1) is 22.9. The molecule has 0 aliphatic rings. The Labute approximate surface area is 177 Å². The number of rotatable bonds is 13. The normalized spacial score (nSPS) is 11.4. The third-order valence-electron chi connectivity index (χ3n) is 4.75. The van der Waals surface area contributed by atoms with Crippen molar-refractivity contribution in [2.24, 2.45) is 11.5 Å². The maximum atomic E-state index is 6.55. The van der Waals surface area contributed by atoms with Crippen LogP contribution in [0.4, 0.5) is 0 Å². The summed E-state index contributed by atoms with van der Waals surface area (Å²) in [6, 6.07) is 16.5. The van der Waals surface area contributed by atoms with E-state index in [9.17, 15) is 0 Å². The molecule has 0 saturated carbocycles. The summed E-state index contributed by atoms with van der Waals surface area (Å²) in [5.74, 6) is 5.79. The van der Waals surface area contributed by atoms with Gasteiger partial charge in [0.2, 0.25) is 0 Å². The summed E-state index contributed by atoms with van der Waals surface area (Å²) in [7, 11) is 3.37. The molecule has 0 spiro atoms. The Kier molecular flexibility index (Phi) is 10.1. The summed E-state index contributed by atoms with van der Waals surface area (Å²) in [5.41, 5.74) is 14.9. The van der Waals surface area contributed by atoms with E-state index in [1.807, 2.05) is 47.8 Å². The molecule has 0 unspecified atom stereocenters. The van der Waals surface area contributed by atoms with Crippen molar-refractivity contribution < 1.29 is 9.47 Å². The molecule has 0 radical (unpaired) electrons. The van der Waals surface area contributed by atoms with Crippen LogP contribution in [-0.2, 0) is 11.5 Å². The number of benzene rings is 2. The van der Waals surface area contributed by atoms with Crippen LogP contribution >= 0.6 is 23.5 Å². The van der Waals surface area contributed by atoms with Gasteiger partial charge in [-0.2, -0.15) is 23.5 Å². The number of ether oxygens (including phenoxy) is 2. The predicted molar refractivity (Wildman–Crippen MR) is 124 cm³/mol. The summed E-state index contributed by atoms with van der Waals surface area (Å²) in [4.78, 5) is 0. The fraction of sp³-hybridized carbons (Fsp3) is 0.455. The standard InChI is InChI=1S/C22H32N2O2S2/c1-25-20-7-3-18(4-8-20)15-27-13-11-22(24,17-23)12-14-28-16-19-5-9-21(26-2)10-6-19/h3-10H,11-17,23-24H2,1-2H3. The van der Waals surface area contributed by atoms with Gasteiger partial charge in [0.1, 0.15) is 11.5 Å². The fourth-order valence-electron chi connectivity index (χ4n) is 2.70. The van der Waals surface area contributed by atoms with Crippen LogP contribution in [0, 0.1) is 0 Å². The van der Waals surface area contributed by atoms with Gasteiger partial charge in [-0.05, 0) is 59.7 Å². The molecular formula is C22H32N2O2S2. The van der Waals surface area contributed by atoms with Crippen LogP contribution in [0.25, 0.3) is 0 Å². The van der Waals surface area contributed by atoms with E-state index in [1.165, 1.54) is 11.1 Å². The molecule has 0 fully saturated rings. The van der Waals surface area contributed by atoms with Crippen molar-refractivity contribution in [2.75, 3.05) is 32.3 Å². The minimum absolute atomic E-state index is 0.278. The molecule has 0 aromatic heterocycles. The molecule has 0 heterocycles. The monoisotopic (exact) mass is 420 g/mol. The molecule has 2 aromatic carbocycles. The summed E-state index contributed by atoms with van der Waals surface area (Å²) in [6.07, 6.45) is 1.88. The summed E-state index contributed by atoms with van der Waals surface area (Å²) >= 11 is 3.81. The second kappa shape index (κ2) is 12.3. The van der Waals surface area contributed by atoms with Gasteiger partial charge in [0.25, 0.3) is 0 Å². The Balaban J connectivity index is 1.65. The second-order valence-electron chi connectivity index (χ2n) is 6.87. The quantitative estimate of drug-likeness (QED) is 0.471. The highest BCUT2D eigenvalue weighted by Crippen LogP contribution is 2.23. The van der Waals surface area contributed by atoms with Crippen molar-refractivity contribution in [3.63, 3.8) is 0 Å². The first-order valence-electron chi connectivity index (χ1n) is 9.49. The average Bonchev–Trinajstić information content (AvgIpc) is 2.75. The van der Waals surface area contributed by atoms with E-state index in [4.69, 9.17) is 20.9 Å². The Morgan fingerprint density at radius 3 is 1.46 bits per heavy atom. The van der Waals surface area contributed by atoms with Crippen molar-refractivity contribution >= 4 is 23.5 Å². The molecule has 2 rings (SSSR count). The fourth-order valence-corrected chi connectivity index (χ4v) is 4.95. The number of hydrogen-bond donors (Lipinski definition) is 2. The van der Waals surface area contributed by atoms with Gasteiger partial charge in [-0.15, -0.1) is 0 Å². The zero-order valence-electron chi connectivity index (χ0n) is 16.9. The van der Waals surface area contributed by atoms with Gasteiger partial charge < -0.3 is 20.9 Å². The maximum Gasteiger partial charge on any atom is 0.118 e. The molecule has 0 saturated heterocycles. The van der Waals surface area contributed by atoms with E-state index >= 15 is 0 Å². The minimum atomic E-state index is -0.278. The first-order chi connectivity index (χ1) is 13.6. The van der Waals surface area contributed by atoms with E-state index in [0.717, 1.165) is 47.4 Å². The highest BCUT2D eigenvalue weighted by molar-refractivity contribution is 7.98. The van der Waals surface area contributed by atoms with Crippen LogP contribution in [0.3, 0.4) is 0 Å². The lowest BCUT2D eigenvalue weighted by Crippen LogP contribution is -2.48. The maximum absolute atomic E-state index is 6.55. The molecule has 2 aromatic rings. The average molecular weight is 421 g/mol. The SMILES string of the molecule is COc1ccc(CSCCC(N)(CN)CCSCc2ccc(OC)cc2)cc1. The van der Waals surface area contributed by atoms with Crippen LogP contribution in [0.1, 0.15) is 24.0 Å². The number of hydrogen-bond acceptors (Lipinski definition) is 6. The Hall–Kier alpha value is -1.34. The lowest BCUT2D eigenvalue weighted by Gasteiger charge is -2.27. The first-order valence-corrected chi connectivity index (χ1v) is 11.8. The van der Waals surface area contributed by atoms with Gasteiger partial charge in [-0.3, -0.25) is 0 Å². The molecule has 28 heavy (non-hydrogen) atoms. The van der Waals surface area contributed by atoms with Gasteiger partial charge in [-0.1, -0.05) is 24.3 Å². The van der Waals surface area contributed by atoms with E-state index in [1.54, 1.807) is 14.2 Å². The van der Waals surface area contributed by atoms with Crippen LogP contribution in [0.15, 0.2) is 48.5 Å². The van der Waals surface area contributed by atoms with Gasteiger partial charge in [0.15, 0.2) is 0 Å². The van der Waals surface area contributed by atoms with Gasteiger partial charge >= 0.3 is 0 Å². The molecule has 4 N–H and O–H groups in total. The largest absolute Gasteiger partial charge is 0.497 e. The summed E-state index contributed by atoms with van der Waals surface area (Å²) in [6.45, 7) is 0.527. The van der Waals surface area contributed by atoms with Gasteiger partial charge in [-0.25, -0.2) is 0 Å². The summed E-state index contributed by atoms with van der Waals surface area (Å²) in [5, 5.41) is 0. The molecule has 0 aliphatic carbocycles. The molecule has 0 atom stereocenters. The molecule has 0 bridgehead atoms. The summed E-state index contributed by atoms with van der Waals surface area (Å²) < 4.78 is 10.4. The molecule has 154 valence electrons. The lowest BCUT2D eigenvalue weighted by molar-refractivity contribution is 0.413. The van der Waals surface area contributed by atoms with Crippen LogP contribution < -0.4 is 20.9 Å². The second-order valence-corrected chi connectivity index (χ2v) is 9.08. The number of thioether (sulfide) groups is 2. The van der Waals surface area contributed by atoms with Crippen molar-refractivity contribution in [3.8, 4) is 11.5 Å². The number of nitrogens with two attached hydrogens (primary N) is 2. The topological polar surface area (TPSA) is 70.5 Å². The van der Waals surface area contributed by atoms with Crippen LogP contribution in [0.5, 0.6) is 11.5 Å². The Morgan fingerprint density at radius 1 is 0.750 bits per heavy atom. The Morgan fingerprint density at radius 2 is 1.14 bits per heavy atom. The molecule has 4 nitrogen and oxygen atoms in total. The highest BCUT2D eigenvalue weighted by atomic mass is 32.2. The van der Waals surface area contributed by atoms with Crippen LogP contribution in [-0.4, -0.2) is 37.8 Å². The van der Waals surface area contributed by atoms with E-state index in [2.05, 4.69) is 24.3 Å². The molecule has 0 aliphatic heterocycles. The lowest BCUT2D eigenvalue weighted by atomic mass is 9.94. The van der Waals surface area contributed by atoms with E-state index < -0.39 is 0 Å². The smallest absolute Gasteiger partial charge is 0.118 e. The molecular weight excluding hydrogens is 388 g/mol. The number of methoxy groups -OCH3 is 2. The Bertz CT molecular complexity index is 622. The minimum Gasteiger partial charge on any atom is -0.497 e. The third kappa shape index (κ3) is 7.95. The zero-order chi connectivity index (χ0) is 20.2. The highest BCUT2D eigenvalue weighted by Gasteiger charge is 2.22. The van der Waals surface area contributed by atoms with Crippen molar-refractivity contribution in [1.82, 2.24) is 0 Å². The molecule has 0 amide bonds. The van der Waals surface area contributed by atoms with Crippen molar-refractivity contribution in [2.45, 2.75) is 29.9 Å². The third-order valence-corrected chi connectivity index (χ3v) is 6.81. The van der Waals surface area contributed by atoms with Gasteiger partial charge in [0, 0.05) is 23.6 Å². The predicted octanol–water partition coefficient (Wildman–Crippen LogP) is 4.31. The van der Waals surface area contributed by atoms with Crippen molar-refractivity contribution in [3.05, 3.63) is 59.7 Å². The van der Waals surface area contributed by atoms with E-state index in [-0.39, 0.29) is 5.54 Å². The van der Waals surface area contributed by atoms with E-state index in [0.29, 0.717) is 6.54 Å². The van der Waals surface area contributed by atoms with Gasteiger partial charge in [0.05, 0.1) is 14.2 Å². The molecule has 6 heteroatoms. The zero-order valence-corrected chi connectivity index (χ0v) is 18.5. The van der Waals surface area contributed by atoms with Crippen LogP contribution in [0.2, 0.25) is 0 Å². The van der Waals surface area contributed by atoms with Crippen molar-refractivity contribution in [1.29, 1.82) is 0 Å².